The van der Waals surface area contributed by atoms with Crippen LogP contribution >= 0.6 is 11.8 Å². The molecule has 33 heavy (non-hydrogen) atoms. The topological polar surface area (TPSA) is 58.6 Å². The molecule has 4 rings (SSSR count). The van der Waals surface area contributed by atoms with Crippen LogP contribution in [0, 0.1) is 0 Å². The van der Waals surface area contributed by atoms with Crippen molar-refractivity contribution in [1.82, 2.24) is 10.2 Å². The van der Waals surface area contributed by atoms with Crippen molar-refractivity contribution in [3.05, 3.63) is 101 Å². The van der Waals surface area contributed by atoms with E-state index in [-0.39, 0.29) is 23.3 Å². The van der Waals surface area contributed by atoms with Gasteiger partial charge in [-0.15, -0.1) is 11.8 Å². The summed E-state index contributed by atoms with van der Waals surface area (Å²) >= 11 is 1.62. The van der Waals surface area contributed by atoms with Crippen LogP contribution in [0.5, 0.6) is 5.75 Å². The van der Waals surface area contributed by atoms with Gasteiger partial charge in [-0.2, -0.15) is 0 Å². The van der Waals surface area contributed by atoms with Gasteiger partial charge >= 0.3 is 0 Å². The molecule has 1 N–H and O–H groups in total. The molecule has 6 heteroatoms. The van der Waals surface area contributed by atoms with Crippen molar-refractivity contribution in [2.45, 2.75) is 38.4 Å². The molecule has 170 valence electrons. The van der Waals surface area contributed by atoms with Crippen LogP contribution in [0.1, 0.15) is 46.3 Å². The summed E-state index contributed by atoms with van der Waals surface area (Å²) in [5.41, 5.74) is 3.74. The fraction of sp³-hybridized carbons (Fsp3) is 0.259. The maximum Gasteiger partial charge on any atom is 0.251 e. The molecule has 0 aromatic heterocycles. The molecular formula is C27H28N2O3S. The van der Waals surface area contributed by atoms with E-state index in [1.165, 1.54) is 0 Å². The van der Waals surface area contributed by atoms with Gasteiger partial charge < -0.3 is 15.0 Å². The van der Waals surface area contributed by atoms with E-state index in [0.29, 0.717) is 24.4 Å². The fourth-order valence-electron chi connectivity index (χ4n) is 3.72. The Hall–Kier alpha value is -3.25. The third-order valence-corrected chi connectivity index (χ3v) is 6.63. The number of amides is 2. The number of hydrogen-bond donors (Lipinski definition) is 1. The molecule has 0 radical (unpaired) electrons. The zero-order valence-electron chi connectivity index (χ0n) is 18.9. The monoisotopic (exact) mass is 460 g/mol. The van der Waals surface area contributed by atoms with E-state index in [9.17, 15) is 9.59 Å². The molecule has 1 heterocycles. The Bertz CT molecular complexity index is 1080. The lowest BCUT2D eigenvalue weighted by Gasteiger charge is -2.24. The Labute approximate surface area is 199 Å². The normalized spacial score (nSPS) is 15.7. The van der Waals surface area contributed by atoms with E-state index in [0.717, 1.165) is 22.4 Å². The van der Waals surface area contributed by atoms with E-state index < -0.39 is 0 Å². The van der Waals surface area contributed by atoms with Gasteiger partial charge in [-0.05, 0) is 54.8 Å². The van der Waals surface area contributed by atoms with Crippen LogP contribution in [0.25, 0.3) is 0 Å². The number of thioether (sulfide) groups is 1. The summed E-state index contributed by atoms with van der Waals surface area (Å²) in [5, 5.41) is 2.92. The Morgan fingerprint density at radius 3 is 2.36 bits per heavy atom. The summed E-state index contributed by atoms with van der Waals surface area (Å²) in [6.07, 6.45) is 0.129. The highest BCUT2D eigenvalue weighted by molar-refractivity contribution is 8.00. The highest BCUT2D eigenvalue weighted by Crippen LogP contribution is 2.39. The predicted molar refractivity (Wildman–Crippen MR) is 132 cm³/mol. The zero-order valence-corrected chi connectivity index (χ0v) is 19.7. The van der Waals surface area contributed by atoms with Crippen molar-refractivity contribution >= 4 is 23.6 Å². The summed E-state index contributed by atoms with van der Waals surface area (Å²) < 4.78 is 5.65. The van der Waals surface area contributed by atoms with Gasteiger partial charge in [-0.25, -0.2) is 0 Å². The average molecular weight is 461 g/mol. The molecule has 0 aliphatic carbocycles. The third kappa shape index (κ3) is 5.96. The molecule has 3 aromatic rings. The van der Waals surface area contributed by atoms with Crippen LogP contribution in [-0.4, -0.2) is 28.6 Å². The first-order chi connectivity index (χ1) is 16.0. The zero-order chi connectivity index (χ0) is 23.2. The van der Waals surface area contributed by atoms with Crippen molar-refractivity contribution in [3.63, 3.8) is 0 Å². The van der Waals surface area contributed by atoms with Gasteiger partial charge in [0.05, 0.1) is 11.9 Å². The summed E-state index contributed by atoms with van der Waals surface area (Å²) in [6.45, 7) is 5.01. The maximum atomic E-state index is 12.6. The first-order valence-electron chi connectivity index (χ1n) is 11.1. The van der Waals surface area contributed by atoms with Crippen LogP contribution in [0.3, 0.4) is 0 Å². The summed E-state index contributed by atoms with van der Waals surface area (Å²) in [6, 6.07) is 25.3. The van der Waals surface area contributed by atoms with Crippen LogP contribution in [-0.2, 0) is 17.9 Å². The van der Waals surface area contributed by atoms with Crippen molar-refractivity contribution in [1.29, 1.82) is 0 Å². The first kappa shape index (κ1) is 22.9. The molecule has 0 saturated carbocycles. The predicted octanol–water partition coefficient (Wildman–Crippen LogP) is 5.18. The minimum absolute atomic E-state index is 0.0404. The molecule has 1 saturated heterocycles. The second-order valence-corrected chi connectivity index (χ2v) is 9.35. The van der Waals surface area contributed by atoms with Crippen LogP contribution < -0.4 is 10.1 Å². The Morgan fingerprint density at radius 1 is 1.00 bits per heavy atom. The highest BCUT2D eigenvalue weighted by atomic mass is 32.2. The number of carbonyl (C=O) groups is 2. The number of ether oxygens (including phenoxy) is 1. The van der Waals surface area contributed by atoms with E-state index in [4.69, 9.17) is 4.74 Å². The molecule has 1 aliphatic heterocycles. The molecular weight excluding hydrogens is 432 g/mol. The van der Waals surface area contributed by atoms with Gasteiger partial charge in [-0.3, -0.25) is 9.59 Å². The van der Waals surface area contributed by atoms with Crippen molar-refractivity contribution < 1.29 is 14.3 Å². The van der Waals surface area contributed by atoms with Crippen molar-refractivity contribution in [2.75, 3.05) is 5.75 Å². The van der Waals surface area contributed by atoms with Gasteiger partial charge in [0, 0.05) is 18.7 Å². The lowest BCUT2D eigenvalue weighted by atomic mass is 10.1. The highest BCUT2D eigenvalue weighted by Gasteiger charge is 2.32. The number of nitrogens with one attached hydrogen (secondary N) is 1. The minimum Gasteiger partial charge on any atom is -0.491 e. The average Bonchev–Trinajstić information content (AvgIpc) is 3.19. The molecule has 0 spiro atoms. The van der Waals surface area contributed by atoms with Gasteiger partial charge in [0.1, 0.15) is 11.1 Å². The van der Waals surface area contributed by atoms with E-state index in [1.807, 2.05) is 97.6 Å². The summed E-state index contributed by atoms with van der Waals surface area (Å²) in [7, 11) is 0. The lowest BCUT2D eigenvalue weighted by Crippen LogP contribution is -2.27. The molecule has 2 amide bonds. The van der Waals surface area contributed by atoms with Crippen LogP contribution in [0.15, 0.2) is 78.9 Å². The van der Waals surface area contributed by atoms with E-state index in [2.05, 4.69) is 5.32 Å². The summed E-state index contributed by atoms with van der Waals surface area (Å²) in [5.74, 6) is 1.31. The molecule has 1 unspecified atom stereocenters. The SMILES string of the molecule is CC(C)Oc1ccc(CNC(=O)c2ccc(C3SCC(=O)N3Cc3ccccc3)cc2)cc1. The van der Waals surface area contributed by atoms with Crippen molar-refractivity contribution in [2.24, 2.45) is 0 Å². The van der Waals surface area contributed by atoms with Gasteiger partial charge in [0.15, 0.2) is 0 Å². The smallest absolute Gasteiger partial charge is 0.251 e. The number of carbonyl (C=O) groups excluding carboxylic acids is 2. The van der Waals surface area contributed by atoms with Crippen LogP contribution in [0.4, 0.5) is 0 Å². The number of benzene rings is 3. The Kier molecular flexibility index (Phi) is 7.35. The van der Waals surface area contributed by atoms with Crippen molar-refractivity contribution in [3.8, 4) is 5.75 Å². The Balaban J connectivity index is 1.36. The molecule has 1 fully saturated rings. The molecule has 1 aliphatic rings. The molecule has 1 atom stereocenters. The lowest BCUT2D eigenvalue weighted by molar-refractivity contribution is -0.128. The fourth-order valence-corrected chi connectivity index (χ4v) is 4.91. The third-order valence-electron chi connectivity index (χ3n) is 5.37. The largest absolute Gasteiger partial charge is 0.491 e. The Morgan fingerprint density at radius 2 is 1.70 bits per heavy atom. The van der Waals surface area contributed by atoms with Gasteiger partial charge in [0.25, 0.3) is 5.91 Å². The standard InChI is InChI=1S/C27H28N2O3S/c1-19(2)32-24-14-8-20(9-15-24)16-28-26(31)22-10-12-23(13-11-22)27-29(25(30)18-33-27)17-21-6-4-3-5-7-21/h3-15,19,27H,16-18H2,1-2H3,(H,28,31). The summed E-state index contributed by atoms with van der Waals surface area (Å²) in [4.78, 5) is 27.0. The second kappa shape index (κ2) is 10.6. The van der Waals surface area contributed by atoms with Gasteiger partial charge in [-0.1, -0.05) is 54.6 Å². The van der Waals surface area contributed by atoms with Crippen LogP contribution in [0.2, 0.25) is 0 Å². The minimum atomic E-state index is -0.125. The van der Waals surface area contributed by atoms with E-state index >= 15 is 0 Å². The molecule has 5 nitrogen and oxygen atoms in total. The molecule has 0 bridgehead atoms. The maximum absolute atomic E-state index is 12.6. The van der Waals surface area contributed by atoms with E-state index in [1.54, 1.807) is 11.8 Å². The number of nitrogens with zero attached hydrogens (tertiary/aromatic N) is 1. The first-order valence-corrected chi connectivity index (χ1v) is 12.1. The quantitative estimate of drug-likeness (QED) is 0.503. The molecule has 3 aromatic carbocycles. The number of rotatable bonds is 8. The van der Waals surface area contributed by atoms with Gasteiger partial charge in [0.2, 0.25) is 5.91 Å². The number of hydrogen-bond acceptors (Lipinski definition) is 4. The second-order valence-electron chi connectivity index (χ2n) is 8.29.